The molecular weight excluding hydrogens is 304 g/mol. The number of carboxylic acid groups (broad SMARTS) is 1. The van der Waals surface area contributed by atoms with Crippen LogP contribution in [0.4, 0.5) is 5.69 Å². The molecule has 0 bridgehead atoms. The minimum absolute atomic E-state index is 0.0221. The highest BCUT2D eigenvalue weighted by Crippen LogP contribution is 2.47. The zero-order valence-electron chi connectivity index (χ0n) is 12.0. The van der Waals surface area contributed by atoms with Crippen LogP contribution >= 0.6 is 11.8 Å². The summed E-state index contributed by atoms with van der Waals surface area (Å²) in [6.07, 6.45) is 1.26. The number of hydrogen-bond donors (Lipinski definition) is 2. The normalized spacial score (nSPS) is 26.9. The van der Waals surface area contributed by atoms with Gasteiger partial charge in [0.05, 0.1) is 10.4 Å². The Balaban J connectivity index is 1.72. The summed E-state index contributed by atoms with van der Waals surface area (Å²) >= 11 is 1.64. The summed E-state index contributed by atoms with van der Waals surface area (Å²) in [7, 11) is 0. The number of rotatable bonds is 3. The lowest BCUT2D eigenvalue weighted by Crippen LogP contribution is -2.48. The van der Waals surface area contributed by atoms with Gasteiger partial charge in [0, 0.05) is 17.9 Å². The van der Waals surface area contributed by atoms with Crippen LogP contribution in [0.3, 0.4) is 0 Å². The molecule has 2 amide bonds. The first-order chi connectivity index (χ1) is 10.4. The van der Waals surface area contributed by atoms with Crippen LogP contribution in [0.1, 0.15) is 30.1 Å². The number of hydrogen-bond acceptors (Lipinski definition) is 4. The fourth-order valence-electron chi connectivity index (χ4n) is 2.94. The molecule has 2 heterocycles. The van der Waals surface area contributed by atoms with Crippen molar-refractivity contribution in [3.05, 3.63) is 29.8 Å². The third-order valence-electron chi connectivity index (χ3n) is 4.15. The molecule has 2 N–H and O–H groups in total. The SMILES string of the molecule is CC12CCC(=O)N1C(C(=O)Nc1ccc(C(=O)O)cc1)CS2. The minimum atomic E-state index is -1.01. The smallest absolute Gasteiger partial charge is 0.335 e. The molecule has 0 spiro atoms. The number of fused-ring (bicyclic) bond motifs is 1. The van der Waals surface area contributed by atoms with Gasteiger partial charge in [-0.15, -0.1) is 11.8 Å². The van der Waals surface area contributed by atoms with Crippen molar-refractivity contribution in [1.29, 1.82) is 0 Å². The highest BCUT2D eigenvalue weighted by Gasteiger charge is 2.52. The van der Waals surface area contributed by atoms with Gasteiger partial charge >= 0.3 is 5.97 Å². The maximum atomic E-state index is 12.4. The van der Waals surface area contributed by atoms with E-state index in [9.17, 15) is 14.4 Å². The van der Waals surface area contributed by atoms with E-state index in [1.165, 1.54) is 12.1 Å². The molecule has 3 rings (SSSR count). The van der Waals surface area contributed by atoms with Crippen LogP contribution in [0.25, 0.3) is 0 Å². The van der Waals surface area contributed by atoms with E-state index in [2.05, 4.69) is 5.32 Å². The average molecular weight is 320 g/mol. The molecular formula is C15H16N2O4S. The van der Waals surface area contributed by atoms with E-state index in [0.29, 0.717) is 17.9 Å². The number of aromatic carboxylic acids is 1. The first kappa shape index (κ1) is 14.9. The van der Waals surface area contributed by atoms with Gasteiger partial charge in [0.15, 0.2) is 0 Å². The van der Waals surface area contributed by atoms with Crippen molar-refractivity contribution < 1.29 is 19.5 Å². The van der Waals surface area contributed by atoms with E-state index in [1.807, 2.05) is 6.92 Å². The van der Waals surface area contributed by atoms with Gasteiger partial charge in [-0.05, 0) is 37.6 Å². The number of carbonyl (C=O) groups excluding carboxylic acids is 2. The first-order valence-electron chi connectivity index (χ1n) is 7.01. The minimum Gasteiger partial charge on any atom is -0.478 e. The molecule has 2 atom stereocenters. The number of benzene rings is 1. The van der Waals surface area contributed by atoms with E-state index >= 15 is 0 Å². The monoisotopic (exact) mass is 320 g/mol. The lowest BCUT2D eigenvalue weighted by atomic mass is 10.2. The summed E-state index contributed by atoms with van der Waals surface area (Å²) in [6.45, 7) is 2.00. The fraction of sp³-hybridized carbons (Fsp3) is 0.400. The molecule has 116 valence electrons. The van der Waals surface area contributed by atoms with Crippen LogP contribution in [-0.4, -0.2) is 44.5 Å². The van der Waals surface area contributed by atoms with E-state index < -0.39 is 12.0 Å². The molecule has 0 aromatic heterocycles. The second-order valence-corrected chi connectivity index (χ2v) is 7.14. The molecule has 2 unspecified atom stereocenters. The molecule has 2 saturated heterocycles. The van der Waals surface area contributed by atoms with E-state index in [0.717, 1.165) is 6.42 Å². The Morgan fingerprint density at radius 3 is 2.68 bits per heavy atom. The van der Waals surface area contributed by atoms with Crippen molar-refractivity contribution in [3.63, 3.8) is 0 Å². The zero-order chi connectivity index (χ0) is 15.9. The Kier molecular flexibility index (Phi) is 3.60. The largest absolute Gasteiger partial charge is 0.478 e. The Labute approximate surface area is 131 Å². The molecule has 0 radical (unpaired) electrons. The number of nitrogens with one attached hydrogen (secondary N) is 1. The molecule has 2 aliphatic rings. The van der Waals surface area contributed by atoms with Crippen LogP contribution < -0.4 is 5.32 Å². The number of nitrogens with zero attached hydrogens (tertiary/aromatic N) is 1. The average Bonchev–Trinajstić information content (AvgIpc) is 2.97. The lowest BCUT2D eigenvalue weighted by molar-refractivity contribution is -0.135. The topological polar surface area (TPSA) is 86.7 Å². The van der Waals surface area contributed by atoms with Crippen LogP contribution in [0, 0.1) is 0 Å². The zero-order valence-corrected chi connectivity index (χ0v) is 12.9. The quantitative estimate of drug-likeness (QED) is 0.886. The van der Waals surface area contributed by atoms with E-state index in [-0.39, 0.29) is 22.2 Å². The molecule has 2 aliphatic heterocycles. The summed E-state index contributed by atoms with van der Waals surface area (Å²) in [6, 6.07) is 5.51. The standard InChI is InChI=1S/C15H16N2O4S/c1-15-7-6-12(18)17(15)11(8-22-15)13(19)16-10-4-2-9(3-5-10)14(20)21/h2-5,11H,6-8H2,1H3,(H,16,19)(H,20,21). The van der Waals surface area contributed by atoms with Crippen molar-refractivity contribution in [2.24, 2.45) is 0 Å². The third-order valence-corrected chi connectivity index (χ3v) is 5.65. The third kappa shape index (κ3) is 2.45. The molecule has 7 heteroatoms. The molecule has 0 saturated carbocycles. The van der Waals surface area contributed by atoms with Crippen molar-refractivity contribution in [1.82, 2.24) is 4.90 Å². The predicted octanol–water partition coefficient (Wildman–Crippen LogP) is 1.78. The Hall–Kier alpha value is -2.02. The molecule has 22 heavy (non-hydrogen) atoms. The lowest BCUT2D eigenvalue weighted by Gasteiger charge is -2.29. The molecule has 0 aliphatic carbocycles. The highest BCUT2D eigenvalue weighted by molar-refractivity contribution is 8.01. The fourth-order valence-corrected chi connectivity index (χ4v) is 4.37. The second kappa shape index (κ2) is 5.31. The van der Waals surface area contributed by atoms with Gasteiger partial charge in [-0.1, -0.05) is 0 Å². The summed E-state index contributed by atoms with van der Waals surface area (Å²) in [5.74, 6) is -0.631. The van der Waals surface area contributed by atoms with Gasteiger partial charge in [-0.3, -0.25) is 9.59 Å². The van der Waals surface area contributed by atoms with Crippen LogP contribution in [0.5, 0.6) is 0 Å². The maximum absolute atomic E-state index is 12.4. The maximum Gasteiger partial charge on any atom is 0.335 e. The molecule has 1 aromatic carbocycles. The second-order valence-electron chi connectivity index (χ2n) is 5.64. The Morgan fingerprint density at radius 2 is 2.05 bits per heavy atom. The summed E-state index contributed by atoms with van der Waals surface area (Å²) in [4.78, 5) is 36.7. The number of carboxylic acids is 1. The van der Waals surface area contributed by atoms with E-state index in [1.54, 1.807) is 28.8 Å². The predicted molar refractivity (Wildman–Crippen MR) is 82.8 cm³/mol. The molecule has 6 nitrogen and oxygen atoms in total. The number of amides is 2. The summed E-state index contributed by atoms with van der Waals surface area (Å²) in [5, 5.41) is 11.6. The van der Waals surface area contributed by atoms with Crippen LogP contribution in [0.15, 0.2) is 24.3 Å². The summed E-state index contributed by atoms with van der Waals surface area (Å²) < 4.78 is 0. The molecule has 2 fully saturated rings. The van der Waals surface area contributed by atoms with Crippen molar-refractivity contribution >= 4 is 35.2 Å². The van der Waals surface area contributed by atoms with Crippen molar-refractivity contribution in [3.8, 4) is 0 Å². The van der Waals surface area contributed by atoms with Gasteiger partial charge in [0.25, 0.3) is 0 Å². The summed E-state index contributed by atoms with van der Waals surface area (Å²) in [5.41, 5.74) is 0.692. The van der Waals surface area contributed by atoms with Crippen molar-refractivity contribution in [2.75, 3.05) is 11.1 Å². The first-order valence-corrected chi connectivity index (χ1v) is 8.00. The van der Waals surface area contributed by atoms with Crippen molar-refractivity contribution in [2.45, 2.75) is 30.7 Å². The van der Waals surface area contributed by atoms with Gasteiger partial charge in [0.1, 0.15) is 6.04 Å². The molecule has 1 aromatic rings. The Bertz CT molecular complexity index is 645. The van der Waals surface area contributed by atoms with Crippen LogP contribution in [0.2, 0.25) is 0 Å². The van der Waals surface area contributed by atoms with Gasteiger partial charge in [-0.25, -0.2) is 4.79 Å². The number of carbonyl (C=O) groups is 3. The van der Waals surface area contributed by atoms with Gasteiger partial charge < -0.3 is 15.3 Å². The number of thioether (sulfide) groups is 1. The van der Waals surface area contributed by atoms with E-state index in [4.69, 9.17) is 5.11 Å². The van der Waals surface area contributed by atoms with Crippen LogP contribution in [-0.2, 0) is 9.59 Å². The Morgan fingerprint density at radius 1 is 1.36 bits per heavy atom. The highest BCUT2D eigenvalue weighted by atomic mass is 32.2. The number of anilines is 1. The van der Waals surface area contributed by atoms with Gasteiger partial charge in [-0.2, -0.15) is 0 Å². The van der Waals surface area contributed by atoms with Gasteiger partial charge in [0.2, 0.25) is 11.8 Å².